The minimum atomic E-state index is -1.65. The maximum atomic E-state index is 14.4. The predicted octanol–water partition coefficient (Wildman–Crippen LogP) is 2.44. The molecule has 0 radical (unpaired) electrons. The first kappa shape index (κ1) is 34.7. The Morgan fingerprint density at radius 2 is 1.54 bits per heavy atom. The van der Waals surface area contributed by atoms with Crippen LogP contribution in [0.2, 0.25) is 0 Å². The number of carbonyl (C=O) groups excluding carboxylic acids is 1. The van der Waals surface area contributed by atoms with Crippen LogP contribution in [0.4, 0.5) is 0 Å². The first-order valence-electron chi connectivity index (χ1n) is 17.5. The predicted molar refractivity (Wildman–Crippen MR) is 168 cm³/mol. The smallest absolute Gasteiger partial charge is 0.315 e. The average Bonchev–Trinajstić information content (AvgIpc) is 3.00. The Hall–Kier alpha value is -1.11. The number of esters is 1. The largest absolute Gasteiger partial charge is 0.432 e. The van der Waals surface area contributed by atoms with E-state index in [4.69, 9.17) is 9.47 Å². The van der Waals surface area contributed by atoms with Crippen molar-refractivity contribution in [3.63, 3.8) is 0 Å². The zero-order valence-electron chi connectivity index (χ0n) is 28.5. The van der Waals surface area contributed by atoms with Crippen LogP contribution in [0, 0.1) is 50.2 Å². The van der Waals surface area contributed by atoms with Crippen molar-refractivity contribution in [2.24, 2.45) is 50.2 Å². The molecular formula is C36H58O10. The van der Waals surface area contributed by atoms with Crippen LogP contribution in [0.15, 0.2) is 11.6 Å². The third kappa shape index (κ3) is 4.60. The highest BCUT2D eigenvalue weighted by Crippen LogP contribution is 2.75. The molecule has 0 aromatic heterocycles. The quantitative estimate of drug-likeness (QED) is 0.177. The van der Waals surface area contributed by atoms with Crippen LogP contribution in [-0.4, -0.2) is 97.8 Å². The number of fused-ring (bicyclic) bond motifs is 7. The molecule has 1 saturated heterocycles. The van der Waals surface area contributed by atoms with E-state index in [0.29, 0.717) is 19.3 Å². The summed E-state index contributed by atoms with van der Waals surface area (Å²) in [5.41, 5.74) is -1.02. The van der Waals surface area contributed by atoms with Crippen molar-refractivity contribution in [3.8, 4) is 0 Å². The number of hydrogen-bond acceptors (Lipinski definition) is 10. The molecule has 6 aliphatic rings. The Bertz CT molecular complexity index is 1240. The van der Waals surface area contributed by atoms with Crippen molar-refractivity contribution in [2.75, 3.05) is 13.2 Å². The maximum Gasteiger partial charge on any atom is 0.315 e. The maximum absolute atomic E-state index is 14.4. The van der Waals surface area contributed by atoms with Gasteiger partial charge in [0.05, 0.1) is 30.8 Å². The summed E-state index contributed by atoms with van der Waals surface area (Å²) in [5, 5.41) is 73.8. The molecule has 0 spiro atoms. The lowest BCUT2D eigenvalue weighted by molar-refractivity contribution is -0.297. The van der Waals surface area contributed by atoms with E-state index < -0.39 is 66.3 Å². The molecule has 7 N–H and O–H groups in total. The summed E-state index contributed by atoms with van der Waals surface area (Å²) in [4.78, 5) is 14.4. The van der Waals surface area contributed by atoms with Gasteiger partial charge in [0.25, 0.3) is 0 Å². The SMILES string of the molecule is CC1(C)CC[C@]2(C(=O)O[C@@H]3O[C@H](CO)[C@@H](O)[C@H](O)[C@H]3O)CC[C@]3(C)C(=CC[C@@H]4[C@@]5(C)C[C@@H](O)[C@H](O)[C@@](C)(CO)C5CC[C@]43C)[C@@H]2C1. The Morgan fingerprint density at radius 1 is 0.870 bits per heavy atom. The minimum absolute atomic E-state index is 0.00930. The van der Waals surface area contributed by atoms with E-state index in [1.54, 1.807) is 0 Å². The standard InChI is InChI=1S/C36H58O10/c1-31(2)11-13-36(30(44)46-29-27(42)26(41)25(40)22(17-37)45-29)14-12-34(5)19(20(36)15-31)7-8-24-32(3)16-21(39)28(43)33(4,18-38)23(32)9-10-35(24,34)6/h7,20-29,37-43H,8-18H2,1-6H3/t20-,21+,22+,23?,24+,25+,26-,27+,28-,29-,32-,33-,34+,35+,36-/m0/s1. The summed E-state index contributed by atoms with van der Waals surface area (Å²) in [6, 6.07) is 0. The molecule has 1 aliphatic heterocycles. The van der Waals surface area contributed by atoms with Crippen LogP contribution < -0.4 is 0 Å². The van der Waals surface area contributed by atoms with Crippen molar-refractivity contribution >= 4 is 5.97 Å². The monoisotopic (exact) mass is 650 g/mol. The number of carbonyl (C=O) groups is 1. The van der Waals surface area contributed by atoms with Crippen LogP contribution in [0.1, 0.15) is 99.3 Å². The first-order valence-corrected chi connectivity index (χ1v) is 17.5. The van der Waals surface area contributed by atoms with Crippen LogP contribution in [-0.2, 0) is 14.3 Å². The summed E-state index contributed by atoms with van der Waals surface area (Å²) in [6.45, 7) is 12.7. The molecule has 1 heterocycles. The van der Waals surface area contributed by atoms with Crippen molar-refractivity contribution < 1.29 is 50.0 Å². The van der Waals surface area contributed by atoms with Gasteiger partial charge in [-0.2, -0.15) is 0 Å². The molecule has 0 amide bonds. The number of ether oxygens (including phenoxy) is 2. The van der Waals surface area contributed by atoms with Gasteiger partial charge in [-0.25, -0.2) is 0 Å². The third-order valence-corrected chi connectivity index (χ3v) is 15.2. The van der Waals surface area contributed by atoms with Crippen molar-refractivity contribution in [1.82, 2.24) is 0 Å². The zero-order valence-corrected chi connectivity index (χ0v) is 28.5. The zero-order chi connectivity index (χ0) is 33.8. The van der Waals surface area contributed by atoms with Crippen molar-refractivity contribution in [2.45, 2.75) is 142 Å². The van der Waals surface area contributed by atoms with Crippen LogP contribution in [0.25, 0.3) is 0 Å². The second kappa shape index (κ2) is 11.2. The lowest BCUT2D eigenvalue weighted by atomic mass is 9.33. The number of allylic oxidation sites excluding steroid dienone is 2. The molecular weight excluding hydrogens is 592 g/mol. The molecule has 6 rings (SSSR count). The van der Waals surface area contributed by atoms with Gasteiger partial charge in [0, 0.05) is 5.41 Å². The van der Waals surface area contributed by atoms with E-state index in [-0.39, 0.29) is 46.0 Å². The molecule has 46 heavy (non-hydrogen) atoms. The van der Waals surface area contributed by atoms with E-state index >= 15 is 0 Å². The molecule has 5 fully saturated rings. The number of aliphatic hydroxyl groups is 7. The number of aliphatic hydroxyl groups excluding tert-OH is 7. The molecule has 262 valence electrons. The van der Waals surface area contributed by atoms with Gasteiger partial charge in [-0.3, -0.25) is 4.79 Å². The van der Waals surface area contributed by atoms with Gasteiger partial charge >= 0.3 is 5.97 Å². The molecule has 1 unspecified atom stereocenters. The molecule has 15 atom stereocenters. The van der Waals surface area contributed by atoms with Crippen molar-refractivity contribution in [1.29, 1.82) is 0 Å². The number of rotatable bonds is 4. The molecule has 0 aromatic carbocycles. The van der Waals surface area contributed by atoms with Crippen LogP contribution in [0.5, 0.6) is 0 Å². The van der Waals surface area contributed by atoms with E-state index in [9.17, 15) is 40.5 Å². The summed E-state index contributed by atoms with van der Waals surface area (Å²) >= 11 is 0. The molecule has 10 nitrogen and oxygen atoms in total. The molecule has 0 bridgehead atoms. The molecule has 5 aliphatic carbocycles. The van der Waals surface area contributed by atoms with Crippen LogP contribution in [0.3, 0.4) is 0 Å². The normalized spacial score (nSPS) is 54.8. The van der Waals surface area contributed by atoms with Gasteiger partial charge in [0.15, 0.2) is 0 Å². The lowest BCUT2D eigenvalue weighted by Gasteiger charge is -2.71. The molecule has 0 aromatic rings. The fraction of sp³-hybridized carbons (Fsp3) is 0.917. The van der Waals surface area contributed by atoms with Gasteiger partial charge in [-0.15, -0.1) is 0 Å². The summed E-state index contributed by atoms with van der Waals surface area (Å²) in [7, 11) is 0. The minimum Gasteiger partial charge on any atom is -0.432 e. The Kier molecular flexibility index (Phi) is 8.46. The van der Waals surface area contributed by atoms with Gasteiger partial charge in [0.2, 0.25) is 6.29 Å². The Labute approximate surface area is 273 Å². The first-order chi connectivity index (χ1) is 21.3. The van der Waals surface area contributed by atoms with Crippen LogP contribution >= 0.6 is 0 Å². The summed E-state index contributed by atoms with van der Waals surface area (Å²) in [5.74, 6) is -0.293. The van der Waals surface area contributed by atoms with E-state index in [1.165, 1.54) is 5.57 Å². The topological polar surface area (TPSA) is 177 Å². The highest BCUT2D eigenvalue weighted by atomic mass is 16.7. The van der Waals surface area contributed by atoms with Gasteiger partial charge in [-0.1, -0.05) is 53.2 Å². The van der Waals surface area contributed by atoms with Gasteiger partial charge < -0.3 is 45.2 Å². The van der Waals surface area contributed by atoms with Gasteiger partial charge in [-0.05, 0) is 97.2 Å². The van der Waals surface area contributed by atoms with Crippen molar-refractivity contribution in [3.05, 3.63) is 11.6 Å². The second-order valence-corrected chi connectivity index (χ2v) is 17.9. The Balaban J connectivity index is 1.36. The van der Waals surface area contributed by atoms with E-state index in [2.05, 4.69) is 40.7 Å². The van der Waals surface area contributed by atoms with E-state index in [0.717, 1.165) is 38.5 Å². The third-order valence-electron chi connectivity index (χ3n) is 15.2. The lowest BCUT2D eigenvalue weighted by Crippen LogP contribution is -2.68. The highest BCUT2D eigenvalue weighted by molar-refractivity contribution is 5.79. The average molecular weight is 651 g/mol. The fourth-order valence-electron chi connectivity index (χ4n) is 12.1. The van der Waals surface area contributed by atoms with E-state index in [1.807, 2.05) is 6.92 Å². The van der Waals surface area contributed by atoms with Gasteiger partial charge in [0.1, 0.15) is 24.4 Å². The highest BCUT2D eigenvalue weighted by Gasteiger charge is 2.71. The second-order valence-electron chi connectivity index (χ2n) is 17.9. The fourth-order valence-corrected chi connectivity index (χ4v) is 12.1. The molecule has 4 saturated carbocycles. The Morgan fingerprint density at radius 3 is 2.20 bits per heavy atom. The summed E-state index contributed by atoms with van der Waals surface area (Å²) < 4.78 is 11.5. The summed E-state index contributed by atoms with van der Waals surface area (Å²) in [6.07, 6.45) is -0.357. The molecule has 10 heteroatoms. The number of hydrogen-bond donors (Lipinski definition) is 7.